The summed E-state index contributed by atoms with van der Waals surface area (Å²) in [4.78, 5) is 34.0. The lowest BCUT2D eigenvalue weighted by molar-refractivity contribution is -0.383. The van der Waals surface area contributed by atoms with Crippen LogP contribution < -0.4 is 5.43 Å². The van der Waals surface area contributed by atoms with Gasteiger partial charge in [0.25, 0.3) is 5.69 Å². The van der Waals surface area contributed by atoms with Crippen LogP contribution in [0.1, 0.15) is 24.4 Å². The van der Waals surface area contributed by atoms with Gasteiger partial charge in [-0.15, -0.1) is 0 Å². The van der Waals surface area contributed by atoms with Gasteiger partial charge in [0.2, 0.25) is 11.2 Å². The van der Waals surface area contributed by atoms with Crippen LogP contribution in [0.4, 0.5) is 5.69 Å². The summed E-state index contributed by atoms with van der Waals surface area (Å²) in [6.07, 6.45) is 0. The number of ether oxygens (including phenoxy) is 1. The minimum atomic E-state index is -0.769. The van der Waals surface area contributed by atoms with Crippen molar-refractivity contribution in [1.29, 1.82) is 0 Å². The first kappa shape index (κ1) is 14.7. The highest BCUT2D eigenvalue weighted by Gasteiger charge is 2.20. The summed E-state index contributed by atoms with van der Waals surface area (Å²) in [5, 5.41) is 10.7. The van der Waals surface area contributed by atoms with Gasteiger partial charge in [0.15, 0.2) is 0 Å². The van der Waals surface area contributed by atoms with E-state index in [0.717, 1.165) is 6.07 Å². The molecule has 0 atom stereocenters. The van der Waals surface area contributed by atoms with Crippen LogP contribution in [0.3, 0.4) is 0 Å². The van der Waals surface area contributed by atoms with Gasteiger partial charge < -0.3 is 9.15 Å². The number of nitro benzene ring substituents is 1. The number of rotatable bonds is 4. The van der Waals surface area contributed by atoms with Crippen LogP contribution >= 0.6 is 0 Å². The minimum Gasteiger partial charge on any atom is -0.460 e. The van der Waals surface area contributed by atoms with Gasteiger partial charge in [-0.25, -0.2) is 4.79 Å². The van der Waals surface area contributed by atoms with Crippen LogP contribution in [-0.4, -0.2) is 17.5 Å². The summed E-state index contributed by atoms with van der Waals surface area (Å²) in [5.41, 5.74) is -1.03. The summed E-state index contributed by atoms with van der Waals surface area (Å²) in [5.74, 6) is -0.898. The molecule has 0 amide bonds. The Hall–Kier alpha value is -2.70. The molecule has 0 bridgehead atoms. The van der Waals surface area contributed by atoms with E-state index in [9.17, 15) is 19.7 Å². The Kier molecular flexibility index (Phi) is 4.02. The van der Waals surface area contributed by atoms with E-state index in [1.54, 1.807) is 0 Å². The molecule has 0 aliphatic heterocycles. The van der Waals surface area contributed by atoms with E-state index >= 15 is 0 Å². The average molecular weight is 291 g/mol. The molecule has 0 spiro atoms. The Bertz CT molecular complexity index is 762. The lowest BCUT2D eigenvalue weighted by Gasteiger charge is -2.06. The van der Waals surface area contributed by atoms with Gasteiger partial charge in [-0.1, -0.05) is 19.9 Å². The van der Waals surface area contributed by atoms with Gasteiger partial charge in [-0.3, -0.25) is 14.9 Å². The first-order chi connectivity index (χ1) is 9.90. The highest BCUT2D eigenvalue weighted by molar-refractivity contribution is 5.91. The molecule has 1 aromatic carbocycles. The fraction of sp³-hybridized carbons (Fsp3) is 0.286. The zero-order chi connectivity index (χ0) is 15.6. The molecule has 7 nitrogen and oxygen atoms in total. The van der Waals surface area contributed by atoms with E-state index in [2.05, 4.69) is 0 Å². The van der Waals surface area contributed by atoms with E-state index in [0.29, 0.717) is 0 Å². The molecule has 1 aromatic heterocycles. The summed E-state index contributed by atoms with van der Waals surface area (Å²) in [7, 11) is 0. The molecule has 2 rings (SSSR count). The van der Waals surface area contributed by atoms with Crippen LogP contribution in [0.15, 0.2) is 33.5 Å². The highest BCUT2D eigenvalue weighted by atomic mass is 16.6. The Balaban J connectivity index is 2.49. The van der Waals surface area contributed by atoms with Gasteiger partial charge in [0, 0.05) is 12.1 Å². The number of esters is 1. The predicted octanol–water partition coefficient (Wildman–Crippen LogP) is 2.51. The zero-order valence-electron chi connectivity index (χ0n) is 11.5. The number of benzene rings is 1. The maximum atomic E-state index is 12.0. The summed E-state index contributed by atoms with van der Waals surface area (Å²) in [6.45, 7) is 3.93. The number of non-ortho nitro benzene ring substituents is 1. The zero-order valence-corrected chi connectivity index (χ0v) is 11.5. The number of nitro groups is 1. The second-order valence-electron chi connectivity index (χ2n) is 4.87. The first-order valence-corrected chi connectivity index (χ1v) is 6.28. The molecule has 21 heavy (non-hydrogen) atoms. The maximum absolute atomic E-state index is 12.0. The third-order valence-corrected chi connectivity index (χ3v) is 2.68. The van der Waals surface area contributed by atoms with Crippen molar-refractivity contribution in [3.05, 3.63) is 50.4 Å². The smallest absolute Gasteiger partial charge is 0.374 e. The molecule has 0 unspecified atom stereocenters. The summed E-state index contributed by atoms with van der Waals surface area (Å²) in [6, 6.07) is 4.89. The van der Waals surface area contributed by atoms with Crippen molar-refractivity contribution in [2.24, 2.45) is 5.92 Å². The normalized spacial score (nSPS) is 10.8. The number of nitrogens with zero attached hydrogens (tertiary/aromatic N) is 1. The van der Waals surface area contributed by atoms with Gasteiger partial charge in [-0.05, 0) is 12.0 Å². The highest BCUT2D eigenvalue weighted by Crippen LogP contribution is 2.23. The summed E-state index contributed by atoms with van der Waals surface area (Å²) < 4.78 is 10.2. The topological polar surface area (TPSA) is 99.7 Å². The van der Waals surface area contributed by atoms with Crippen molar-refractivity contribution in [3.8, 4) is 0 Å². The van der Waals surface area contributed by atoms with Crippen molar-refractivity contribution in [2.45, 2.75) is 13.8 Å². The van der Waals surface area contributed by atoms with Crippen molar-refractivity contribution in [3.63, 3.8) is 0 Å². The predicted molar refractivity (Wildman–Crippen MR) is 74.3 cm³/mol. The molecule has 0 radical (unpaired) electrons. The second-order valence-corrected chi connectivity index (χ2v) is 4.87. The monoisotopic (exact) mass is 291 g/mol. The molecule has 0 N–H and O–H groups in total. The van der Waals surface area contributed by atoms with Gasteiger partial charge in [0.1, 0.15) is 11.0 Å². The van der Waals surface area contributed by atoms with Crippen LogP contribution in [-0.2, 0) is 4.74 Å². The second kappa shape index (κ2) is 5.74. The Labute approximate surface area is 119 Å². The average Bonchev–Trinajstić information content (AvgIpc) is 2.43. The fourth-order valence-electron chi connectivity index (χ4n) is 1.76. The summed E-state index contributed by atoms with van der Waals surface area (Å²) >= 11 is 0. The quantitative estimate of drug-likeness (QED) is 0.487. The van der Waals surface area contributed by atoms with Crippen LogP contribution in [0.5, 0.6) is 0 Å². The van der Waals surface area contributed by atoms with Crippen molar-refractivity contribution in [1.82, 2.24) is 0 Å². The molecule has 0 aliphatic rings. The molecule has 0 saturated heterocycles. The molecular formula is C14H13NO6. The number of hydrogen-bond acceptors (Lipinski definition) is 6. The number of carbonyl (C=O) groups excluding carboxylic acids is 1. The lowest BCUT2D eigenvalue weighted by Crippen LogP contribution is -2.13. The Morgan fingerprint density at radius 3 is 2.76 bits per heavy atom. The van der Waals surface area contributed by atoms with Gasteiger partial charge >= 0.3 is 5.97 Å². The SMILES string of the molecule is CC(C)COC(=O)c1cc(=O)c2c([N+](=O)[O-])cccc2o1. The van der Waals surface area contributed by atoms with Gasteiger partial charge in [0.05, 0.1) is 11.5 Å². The van der Waals surface area contributed by atoms with Crippen LogP contribution in [0.25, 0.3) is 11.0 Å². The van der Waals surface area contributed by atoms with E-state index in [4.69, 9.17) is 9.15 Å². The van der Waals surface area contributed by atoms with Crippen molar-refractivity contribution >= 4 is 22.6 Å². The maximum Gasteiger partial charge on any atom is 0.374 e. The standard InChI is InChI=1S/C14H13NO6/c1-8(2)7-20-14(17)12-6-10(16)13-9(15(18)19)4-3-5-11(13)21-12/h3-6,8H,7H2,1-2H3. The van der Waals surface area contributed by atoms with Crippen molar-refractivity contribution < 1.29 is 18.9 Å². The minimum absolute atomic E-state index is 0.0202. The molecule has 1 heterocycles. The number of fused-ring (bicyclic) bond motifs is 1. The largest absolute Gasteiger partial charge is 0.460 e. The van der Waals surface area contributed by atoms with E-state index in [1.807, 2.05) is 13.8 Å². The molecular weight excluding hydrogens is 278 g/mol. The fourth-order valence-corrected chi connectivity index (χ4v) is 1.76. The Morgan fingerprint density at radius 1 is 1.43 bits per heavy atom. The molecule has 0 saturated carbocycles. The van der Waals surface area contributed by atoms with Crippen LogP contribution in [0, 0.1) is 16.0 Å². The Morgan fingerprint density at radius 2 is 2.14 bits per heavy atom. The van der Waals surface area contributed by atoms with Gasteiger partial charge in [-0.2, -0.15) is 0 Å². The lowest BCUT2D eigenvalue weighted by atomic mass is 10.2. The first-order valence-electron chi connectivity index (χ1n) is 6.28. The van der Waals surface area contributed by atoms with Crippen molar-refractivity contribution in [2.75, 3.05) is 6.61 Å². The van der Waals surface area contributed by atoms with E-state index < -0.39 is 16.3 Å². The molecule has 7 heteroatoms. The third kappa shape index (κ3) is 3.07. The number of hydrogen-bond donors (Lipinski definition) is 0. The number of carbonyl (C=O) groups is 1. The third-order valence-electron chi connectivity index (χ3n) is 2.68. The molecule has 0 fully saturated rings. The molecule has 2 aromatic rings. The molecule has 110 valence electrons. The van der Waals surface area contributed by atoms with E-state index in [-0.39, 0.29) is 34.9 Å². The van der Waals surface area contributed by atoms with E-state index in [1.165, 1.54) is 18.2 Å². The van der Waals surface area contributed by atoms with Crippen LogP contribution in [0.2, 0.25) is 0 Å². The molecule has 0 aliphatic carbocycles.